The maximum Gasteiger partial charge on any atom is -0.0177 e. The zero-order valence-electron chi connectivity index (χ0n) is 12.8. The molecule has 0 aromatic heterocycles. The van der Waals surface area contributed by atoms with Crippen molar-refractivity contribution in [3.8, 4) is 0 Å². The van der Waals surface area contributed by atoms with Crippen molar-refractivity contribution < 1.29 is 0 Å². The Kier molecular flexibility index (Phi) is 2.71. The van der Waals surface area contributed by atoms with Crippen molar-refractivity contribution in [3.63, 3.8) is 0 Å². The fraction of sp³-hybridized carbons (Fsp3) is 0.895. The van der Waals surface area contributed by atoms with Crippen molar-refractivity contribution in [2.75, 3.05) is 0 Å². The van der Waals surface area contributed by atoms with Crippen LogP contribution in [0.1, 0.15) is 71.6 Å². The minimum atomic E-state index is 0.654. The Hall–Kier alpha value is -0.260. The zero-order chi connectivity index (χ0) is 13.1. The number of hydrogen-bond acceptors (Lipinski definition) is 0. The normalized spacial score (nSPS) is 56.3. The van der Waals surface area contributed by atoms with Crippen LogP contribution >= 0.6 is 0 Å². The highest BCUT2D eigenvalue weighted by Crippen LogP contribution is 2.65. The van der Waals surface area contributed by atoms with E-state index < -0.39 is 0 Å². The highest BCUT2D eigenvalue weighted by molar-refractivity contribution is 5.12. The SMILES string of the molecule is C[C@@]12CCC[C@H]1[C@@H]1CCC3C=CCC[C@]3(C)[C@@H]1CC2. The molecule has 1 unspecified atom stereocenters. The molecule has 0 heterocycles. The van der Waals surface area contributed by atoms with Gasteiger partial charge in [0, 0.05) is 0 Å². The van der Waals surface area contributed by atoms with Crippen molar-refractivity contribution in [1.29, 1.82) is 0 Å². The molecule has 106 valence electrons. The molecule has 0 amide bonds. The predicted molar refractivity (Wildman–Crippen MR) is 80.9 cm³/mol. The Morgan fingerprint density at radius 2 is 1.79 bits per heavy atom. The summed E-state index contributed by atoms with van der Waals surface area (Å²) in [5.41, 5.74) is 1.39. The summed E-state index contributed by atoms with van der Waals surface area (Å²) in [5.74, 6) is 4.12. The molecule has 19 heavy (non-hydrogen) atoms. The number of fused-ring (bicyclic) bond motifs is 5. The van der Waals surface area contributed by atoms with E-state index in [9.17, 15) is 0 Å². The fourth-order valence-corrected chi connectivity index (χ4v) is 6.82. The number of hydrogen-bond donors (Lipinski definition) is 0. The van der Waals surface area contributed by atoms with E-state index in [0.717, 1.165) is 29.1 Å². The van der Waals surface area contributed by atoms with Crippen LogP contribution in [-0.4, -0.2) is 0 Å². The maximum absolute atomic E-state index is 2.65. The first-order valence-electron chi connectivity index (χ1n) is 8.80. The van der Waals surface area contributed by atoms with Gasteiger partial charge in [0.15, 0.2) is 0 Å². The molecule has 0 heteroatoms. The van der Waals surface area contributed by atoms with Crippen molar-refractivity contribution in [2.24, 2.45) is 34.5 Å². The molecule has 0 bridgehead atoms. The molecule has 0 radical (unpaired) electrons. The molecule has 0 spiro atoms. The second kappa shape index (κ2) is 4.12. The topological polar surface area (TPSA) is 0 Å². The average Bonchev–Trinajstić information content (AvgIpc) is 2.79. The molecule has 0 nitrogen and oxygen atoms in total. The second-order valence-corrected chi connectivity index (χ2v) is 8.62. The van der Waals surface area contributed by atoms with Gasteiger partial charge in [-0.25, -0.2) is 0 Å². The molecule has 0 aliphatic heterocycles. The molecular formula is C19H30. The third-order valence-corrected chi connectivity index (χ3v) is 7.94. The molecule has 6 atom stereocenters. The van der Waals surface area contributed by atoms with E-state index in [4.69, 9.17) is 0 Å². The Bertz CT molecular complexity index is 395. The van der Waals surface area contributed by atoms with Gasteiger partial charge in [-0.2, -0.15) is 0 Å². The highest BCUT2D eigenvalue weighted by Gasteiger charge is 2.56. The van der Waals surface area contributed by atoms with Crippen molar-refractivity contribution >= 4 is 0 Å². The van der Waals surface area contributed by atoms with Crippen molar-refractivity contribution in [2.45, 2.75) is 71.6 Å². The molecule has 3 fully saturated rings. The highest BCUT2D eigenvalue weighted by atomic mass is 14.6. The van der Waals surface area contributed by atoms with Gasteiger partial charge in [0.1, 0.15) is 0 Å². The molecule has 0 saturated heterocycles. The molecule has 3 saturated carbocycles. The lowest BCUT2D eigenvalue weighted by molar-refractivity contribution is -0.0808. The lowest BCUT2D eigenvalue weighted by Crippen LogP contribution is -2.51. The first-order valence-corrected chi connectivity index (χ1v) is 8.80. The van der Waals surface area contributed by atoms with Crippen LogP contribution in [0.4, 0.5) is 0 Å². The molecule has 0 aromatic carbocycles. The quantitative estimate of drug-likeness (QED) is 0.497. The summed E-state index contributed by atoms with van der Waals surface area (Å²) < 4.78 is 0. The number of rotatable bonds is 0. The van der Waals surface area contributed by atoms with Gasteiger partial charge in [0.05, 0.1) is 0 Å². The smallest absolute Gasteiger partial charge is 0.0177 e. The van der Waals surface area contributed by atoms with Gasteiger partial charge in [0.25, 0.3) is 0 Å². The molecular weight excluding hydrogens is 228 g/mol. The van der Waals surface area contributed by atoms with Crippen LogP contribution in [0.15, 0.2) is 12.2 Å². The van der Waals surface area contributed by atoms with Crippen LogP contribution < -0.4 is 0 Å². The van der Waals surface area contributed by atoms with Crippen LogP contribution in [0.3, 0.4) is 0 Å². The lowest BCUT2D eigenvalue weighted by Gasteiger charge is -2.59. The van der Waals surface area contributed by atoms with E-state index in [1.807, 2.05) is 0 Å². The minimum absolute atomic E-state index is 0.654. The Balaban J connectivity index is 1.67. The van der Waals surface area contributed by atoms with Gasteiger partial charge in [-0.3, -0.25) is 0 Å². The Labute approximate surface area is 119 Å². The summed E-state index contributed by atoms with van der Waals surface area (Å²) >= 11 is 0. The summed E-state index contributed by atoms with van der Waals surface area (Å²) in [6.07, 6.45) is 18.6. The van der Waals surface area contributed by atoms with E-state index in [1.165, 1.54) is 44.9 Å². The van der Waals surface area contributed by atoms with Crippen molar-refractivity contribution in [3.05, 3.63) is 12.2 Å². The van der Waals surface area contributed by atoms with E-state index in [0.29, 0.717) is 5.41 Å². The molecule has 4 aliphatic rings. The van der Waals surface area contributed by atoms with Crippen LogP contribution in [0.25, 0.3) is 0 Å². The van der Waals surface area contributed by atoms with Gasteiger partial charge in [-0.05, 0) is 85.9 Å². The summed E-state index contributed by atoms with van der Waals surface area (Å²) in [4.78, 5) is 0. The maximum atomic E-state index is 2.65. The second-order valence-electron chi connectivity index (χ2n) is 8.62. The predicted octanol–water partition coefficient (Wildman–Crippen LogP) is 5.59. The van der Waals surface area contributed by atoms with Gasteiger partial charge in [0.2, 0.25) is 0 Å². The first kappa shape index (κ1) is 12.5. The third kappa shape index (κ3) is 1.64. The van der Waals surface area contributed by atoms with Gasteiger partial charge >= 0.3 is 0 Å². The number of allylic oxidation sites excluding steroid dienone is 2. The standard InChI is InChI=1S/C19H30/c1-18-11-5-7-16(18)15-9-8-14-6-3-4-12-19(14,2)17(15)10-13-18/h3,6,14-17H,4-5,7-13H2,1-2H3/t14?,15-,16-,17+,18-,19-/m0/s1. The van der Waals surface area contributed by atoms with Gasteiger partial charge in [-0.1, -0.05) is 32.4 Å². The van der Waals surface area contributed by atoms with E-state index in [2.05, 4.69) is 26.0 Å². The summed E-state index contributed by atoms with van der Waals surface area (Å²) in [5, 5.41) is 0. The van der Waals surface area contributed by atoms with E-state index in [1.54, 1.807) is 12.8 Å². The minimum Gasteiger partial charge on any atom is -0.0882 e. The average molecular weight is 258 g/mol. The molecule has 0 N–H and O–H groups in total. The summed E-state index contributed by atoms with van der Waals surface area (Å²) in [6, 6.07) is 0. The molecule has 0 aromatic rings. The Morgan fingerprint density at radius 1 is 0.895 bits per heavy atom. The van der Waals surface area contributed by atoms with E-state index in [-0.39, 0.29) is 0 Å². The first-order chi connectivity index (χ1) is 9.13. The molecule has 4 rings (SSSR count). The van der Waals surface area contributed by atoms with Crippen LogP contribution in [0.5, 0.6) is 0 Å². The molecule has 4 aliphatic carbocycles. The third-order valence-electron chi connectivity index (χ3n) is 7.94. The Morgan fingerprint density at radius 3 is 2.68 bits per heavy atom. The monoisotopic (exact) mass is 258 g/mol. The van der Waals surface area contributed by atoms with Gasteiger partial charge < -0.3 is 0 Å². The van der Waals surface area contributed by atoms with Gasteiger partial charge in [-0.15, -0.1) is 0 Å². The fourth-order valence-electron chi connectivity index (χ4n) is 6.82. The van der Waals surface area contributed by atoms with Crippen LogP contribution in [-0.2, 0) is 0 Å². The van der Waals surface area contributed by atoms with E-state index >= 15 is 0 Å². The zero-order valence-corrected chi connectivity index (χ0v) is 12.8. The summed E-state index contributed by atoms with van der Waals surface area (Å²) in [6.45, 7) is 5.27. The lowest BCUT2D eigenvalue weighted by atomic mass is 9.46. The summed E-state index contributed by atoms with van der Waals surface area (Å²) in [7, 11) is 0. The van der Waals surface area contributed by atoms with Crippen LogP contribution in [0, 0.1) is 34.5 Å². The largest absolute Gasteiger partial charge is 0.0882 e. The van der Waals surface area contributed by atoms with Crippen LogP contribution in [0.2, 0.25) is 0 Å². The van der Waals surface area contributed by atoms with Crippen molar-refractivity contribution in [1.82, 2.24) is 0 Å².